The molecular weight excluding hydrogens is 294 g/mol. The summed E-state index contributed by atoms with van der Waals surface area (Å²) in [6, 6.07) is 7.32. The zero-order chi connectivity index (χ0) is 14.3. The number of nitrogens with zero attached hydrogens (tertiary/aromatic N) is 1. The van der Waals surface area contributed by atoms with Crippen LogP contribution in [-0.4, -0.2) is 19.2 Å². The van der Waals surface area contributed by atoms with Gasteiger partial charge in [0.2, 0.25) is 5.89 Å². The molecule has 0 radical (unpaired) electrons. The highest BCUT2D eigenvalue weighted by atomic mass is 32.2. The van der Waals surface area contributed by atoms with E-state index in [2.05, 4.69) is 4.98 Å². The highest BCUT2D eigenvalue weighted by Gasteiger charge is 2.22. The van der Waals surface area contributed by atoms with Crippen LogP contribution < -0.4 is 0 Å². The predicted octanol–water partition coefficient (Wildman–Crippen LogP) is 3.66. The van der Waals surface area contributed by atoms with Gasteiger partial charge in [-0.05, 0) is 36.1 Å². The molecule has 0 saturated heterocycles. The van der Waals surface area contributed by atoms with Crippen molar-refractivity contribution in [3.63, 3.8) is 0 Å². The standard InChI is InChI=1S/C14H13NO3S2/c1-3-20(16,17)12-6-7-19-13(12)14-15-10-8-9(2)4-5-11(10)18-14/h4-8H,3H2,1-2H3. The van der Waals surface area contributed by atoms with Crippen LogP contribution in [0.3, 0.4) is 0 Å². The number of benzene rings is 1. The van der Waals surface area contributed by atoms with E-state index in [0.29, 0.717) is 21.2 Å². The third-order valence-electron chi connectivity index (χ3n) is 3.08. The Balaban J connectivity index is 2.19. The molecule has 4 nitrogen and oxygen atoms in total. The Morgan fingerprint density at radius 1 is 1.30 bits per heavy atom. The van der Waals surface area contributed by atoms with Crippen LogP contribution in [0.5, 0.6) is 0 Å². The molecule has 0 amide bonds. The van der Waals surface area contributed by atoms with E-state index in [9.17, 15) is 8.42 Å². The summed E-state index contributed by atoms with van der Waals surface area (Å²) in [6.07, 6.45) is 0. The van der Waals surface area contributed by atoms with E-state index in [-0.39, 0.29) is 5.75 Å². The van der Waals surface area contributed by atoms with Gasteiger partial charge >= 0.3 is 0 Å². The first-order valence-electron chi connectivity index (χ1n) is 6.19. The maximum absolute atomic E-state index is 12.1. The molecule has 3 rings (SSSR count). The van der Waals surface area contributed by atoms with Crippen molar-refractivity contribution in [2.24, 2.45) is 0 Å². The number of aryl methyl sites for hydroxylation is 1. The molecule has 1 aromatic carbocycles. The summed E-state index contributed by atoms with van der Waals surface area (Å²) in [5, 5.41) is 1.75. The number of hydrogen-bond acceptors (Lipinski definition) is 5. The van der Waals surface area contributed by atoms with Crippen molar-refractivity contribution in [1.82, 2.24) is 4.98 Å². The lowest BCUT2D eigenvalue weighted by molar-refractivity contribution is 0.595. The molecule has 0 N–H and O–H groups in total. The molecule has 20 heavy (non-hydrogen) atoms. The molecule has 0 aliphatic rings. The minimum atomic E-state index is -3.27. The van der Waals surface area contributed by atoms with Crippen molar-refractivity contribution >= 4 is 32.3 Å². The fraction of sp³-hybridized carbons (Fsp3) is 0.214. The van der Waals surface area contributed by atoms with Crippen LogP contribution in [0.1, 0.15) is 12.5 Å². The summed E-state index contributed by atoms with van der Waals surface area (Å²) in [4.78, 5) is 5.27. The molecule has 3 aromatic rings. The Morgan fingerprint density at radius 2 is 2.10 bits per heavy atom. The highest BCUT2D eigenvalue weighted by Crippen LogP contribution is 2.34. The second kappa shape index (κ2) is 4.71. The normalized spacial score (nSPS) is 12.1. The van der Waals surface area contributed by atoms with Crippen LogP contribution in [0.4, 0.5) is 0 Å². The van der Waals surface area contributed by atoms with Crippen LogP contribution in [0.2, 0.25) is 0 Å². The quantitative estimate of drug-likeness (QED) is 0.741. The minimum absolute atomic E-state index is 0.0655. The van der Waals surface area contributed by atoms with Crippen molar-refractivity contribution < 1.29 is 12.8 Å². The molecular formula is C14H13NO3S2. The molecule has 2 heterocycles. The second-order valence-electron chi connectivity index (χ2n) is 4.51. The van der Waals surface area contributed by atoms with Crippen LogP contribution in [-0.2, 0) is 9.84 Å². The maximum atomic E-state index is 12.1. The monoisotopic (exact) mass is 307 g/mol. The summed E-state index contributed by atoms with van der Waals surface area (Å²) in [6.45, 7) is 3.61. The van der Waals surface area contributed by atoms with E-state index in [1.807, 2.05) is 25.1 Å². The number of rotatable bonds is 3. The lowest BCUT2D eigenvalue weighted by Crippen LogP contribution is -2.03. The first-order valence-corrected chi connectivity index (χ1v) is 8.72. The van der Waals surface area contributed by atoms with Gasteiger partial charge in [0.05, 0.1) is 10.6 Å². The van der Waals surface area contributed by atoms with Crippen molar-refractivity contribution in [3.8, 4) is 10.8 Å². The number of oxazole rings is 1. The van der Waals surface area contributed by atoms with Crippen molar-refractivity contribution in [3.05, 3.63) is 35.2 Å². The average Bonchev–Trinajstić information content (AvgIpc) is 3.04. The highest BCUT2D eigenvalue weighted by molar-refractivity contribution is 7.91. The Bertz CT molecular complexity index is 875. The van der Waals surface area contributed by atoms with E-state index in [1.165, 1.54) is 11.3 Å². The molecule has 104 valence electrons. The van der Waals surface area contributed by atoms with Crippen LogP contribution in [0.25, 0.3) is 21.9 Å². The van der Waals surface area contributed by atoms with Gasteiger partial charge in [-0.25, -0.2) is 13.4 Å². The number of thiophene rings is 1. The van der Waals surface area contributed by atoms with Gasteiger partial charge < -0.3 is 4.42 Å². The van der Waals surface area contributed by atoms with Crippen LogP contribution in [0.15, 0.2) is 39.0 Å². The van der Waals surface area contributed by atoms with Crippen molar-refractivity contribution in [1.29, 1.82) is 0 Å². The van der Waals surface area contributed by atoms with Gasteiger partial charge in [0.25, 0.3) is 0 Å². The van der Waals surface area contributed by atoms with Gasteiger partial charge in [-0.15, -0.1) is 11.3 Å². The Labute approximate surface area is 121 Å². The summed E-state index contributed by atoms with van der Waals surface area (Å²) in [5.74, 6) is 0.434. The Hall–Kier alpha value is -1.66. The lowest BCUT2D eigenvalue weighted by Gasteiger charge is -1.99. The third-order valence-corrected chi connectivity index (χ3v) is 5.88. The topological polar surface area (TPSA) is 60.2 Å². The predicted molar refractivity (Wildman–Crippen MR) is 79.8 cm³/mol. The molecule has 0 fully saturated rings. The summed E-state index contributed by atoms with van der Waals surface area (Å²) >= 11 is 1.33. The van der Waals surface area contributed by atoms with E-state index < -0.39 is 9.84 Å². The first kappa shape index (κ1) is 13.3. The molecule has 0 spiro atoms. The molecule has 6 heteroatoms. The zero-order valence-electron chi connectivity index (χ0n) is 11.1. The number of hydrogen-bond donors (Lipinski definition) is 0. The molecule has 0 atom stereocenters. The van der Waals surface area contributed by atoms with Crippen molar-refractivity contribution in [2.75, 3.05) is 5.75 Å². The number of aromatic nitrogens is 1. The average molecular weight is 307 g/mol. The van der Waals surface area contributed by atoms with Crippen LogP contribution in [0, 0.1) is 6.92 Å². The summed E-state index contributed by atoms with van der Waals surface area (Å²) < 4.78 is 29.8. The summed E-state index contributed by atoms with van der Waals surface area (Å²) in [5.41, 5.74) is 2.50. The smallest absolute Gasteiger partial charge is 0.238 e. The number of fused-ring (bicyclic) bond motifs is 1. The summed E-state index contributed by atoms with van der Waals surface area (Å²) in [7, 11) is -3.27. The molecule has 2 aromatic heterocycles. The van der Waals surface area contributed by atoms with Gasteiger partial charge in [0.15, 0.2) is 15.4 Å². The molecule has 0 saturated carbocycles. The van der Waals surface area contributed by atoms with Gasteiger partial charge in [0.1, 0.15) is 10.4 Å². The lowest BCUT2D eigenvalue weighted by atomic mass is 10.2. The molecule has 0 aliphatic carbocycles. The van der Waals surface area contributed by atoms with E-state index in [4.69, 9.17) is 4.42 Å². The minimum Gasteiger partial charge on any atom is -0.435 e. The molecule has 0 aliphatic heterocycles. The SMILES string of the molecule is CCS(=O)(=O)c1ccsc1-c1nc2cc(C)ccc2o1. The largest absolute Gasteiger partial charge is 0.435 e. The fourth-order valence-corrected chi connectivity index (χ4v) is 4.27. The van der Waals surface area contributed by atoms with Gasteiger partial charge in [0, 0.05) is 0 Å². The zero-order valence-corrected chi connectivity index (χ0v) is 12.7. The van der Waals surface area contributed by atoms with E-state index >= 15 is 0 Å². The van der Waals surface area contributed by atoms with Crippen molar-refractivity contribution in [2.45, 2.75) is 18.7 Å². The Morgan fingerprint density at radius 3 is 2.85 bits per heavy atom. The molecule has 0 bridgehead atoms. The maximum Gasteiger partial charge on any atom is 0.238 e. The first-order chi connectivity index (χ1) is 9.51. The fourth-order valence-electron chi connectivity index (χ4n) is 1.99. The van der Waals surface area contributed by atoms with Gasteiger partial charge in [-0.1, -0.05) is 13.0 Å². The van der Waals surface area contributed by atoms with Gasteiger partial charge in [-0.2, -0.15) is 0 Å². The van der Waals surface area contributed by atoms with E-state index in [0.717, 1.165) is 11.1 Å². The number of sulfone groups is 1. The van der Waals surface area contributed by atoms with Gasteiger partial charge in [-0.3, -0.25) is 0 Å². The second-order valence-corrected chi connectivity index (χ2v) is 7.67. The Kier molecular flexibility index (Phi) is 3.14. The third kappa shape index (κ3) is 2.14. The molecule has 0 unspecified atom stereocenters. The van der Waals surface area contributed by atoms with E-state index in [1.54, 1.807) is 18.4 Å². The van der Waals surface area contributed by atoms with Crippen LogP contribution >= 0.6 is 11.3 Å².